The number of hydrogen-bond donors (Lipinski definition) is 3. The number of ether oxygens (including phenoxy) is 2. The maximum atomic E-state index is 12.9. The molecule has 8 heteroatoms. The minimum atomic E-state index is -0.785. The Labute approximate surface area is 194 Å². The molecule has 0 aliphatic heterocycles. The minimum absolute atomic E-state index is 0.0162. The highest BCUT2D eigenvalue weighted by Crippen LogP contribution is 2.28. The first kappa shape index (κ1) is 25.3. The van der Waals surface area contributed by atoms with Crippen LogP contribution >= 0.6 is 11.6 Å². The predicted molar refractivity (Wildman–Crippen MR) is 128 cm³/mol. The molecule has 7 nitrogen and oxygen atoms in total. The number of unbranched alkanes of at least 4 members (excludes halogenated alkanes) is 1. The number of halogens is 1. The van der Waals surface area contributed by atoms with Crippen LogP contribution in [0.3, 0.4) is 0 Å². The zero-order chi connectivity index (χ0) is 23.5. The summed E-state index contributed by atoms with van der Waals surface area (Å²) in [5.41, 5.74) is 1.41. The Hall–Kier alpha value is -2.93. The summed E-state index contributed by atoms with van der Waals surface area (Å²) in [7, 11) is 1.50. The number of carbonyl (C=O) groups excluding carboxylic acids is 2. The van der Waals surface area contributed by atoms with Crippen molar-refractivity contribution < 1.29 is 19.1 Å². The highest BCUT2D eigenvalue weighted by atomic mass is 35.5. The fourth-order valence-electron chi connectivity index (χ4n) is 2.89. The van der Waals surface area contributed by atoms with Crippen LogP contribution in [0.25, 0.3) is 0 Å². The number of hydrogen-bond acceptors (Lipinski definition) is 4. The molecule has 0 bridgehead atoms. The first-order valence-corrected chi connectivity index (χ1v) is 11.2. The van der Waals surface area contributed by atoms with Crippen molar-refractivity contribution in [3.63, 3.8) is 0 Å². The van der Waals surface area contributed by atoms with Crippen LogP contribution in [0.5, 0.6) is 11.5 Å². The van der Waals surface area contributed by atoms with Crippen LogP contribution in [-0.2, 0) is 11.2 Å². The smallest absolute Gasteiger partial charge is 0.315 e. The Kier molecular flexibility index (Phi) is 10.1. The van der Waals surface area contributed by atoms with Gasteiger partial charge >= 0.3 is 6.03 Å². The van der Waals surface area contributed by atoms with Gasteiger partial charge in [-0.3, -0.25) is 4.79 Å². The third-order valence-electron chi connectivity index (χ3n) is 4.54. The third-order valence-corrected chi connectivity index (χ3v) is 4.84. The maximum Gasteiger partial charge on any atom is 0.315 e. The van der Waals surface area contributed by atoms with Crippen LogP contribution in [0.15, 0.2) is 42.5 Å². The van der Waals surface area contributed by atoms with Gasteiger partial charge in [0.1, 0.15) is 17.5 Å². The van der Waals surface area contributed by atoms with Gasteiger partial charge < -0.3 is 25.4 Å². The predicted octanol–water partition coefficient (Wildman–Crippen LogP) is 4.78. The largest absolute Gasteiger partial charge is 0.494 e. The molecule has 0 saturated heterocycles. The lowest BCUT2D eigenvalue weighted by molar-refractivity contribution is -0.117. The zero-order valence-electron chi connectivity index (χ0n) is 19.0. The summed E-state index contributed by atoms with van der Waals surface area (Å²) < 4.78 is 11.3. The lowest BCUT2D eigenvalue weighted by Gasteiger charge is -2.19. The number of nitrogens with one attached hydrogen (secondary N) is 3. The van der Waals surface area contributed by atoms with Crippen molar-refractivity contribution in [3.05, 3.63) is 53.1 Å². The number of urea groups is 1. The van der Waals surface area contributed by atoms with E-state index in [0.717, 1.165) is 24.2 Å². The van der Waals surface area contributed by atoms with Gasteiger partial charge in [-0.2, -0.15) is 0 Å². The average molecular weight is 462 g/mol. The van der Waals surface area contributed by atoms with E-state index in [2.05, 4.69) is 22.9 Å². The topological polar surface area (TPSA) is 88.7 Å². The van der Waals surface area contributed by atoms with E-state index in [0.29, 0.717) is 29.5 Å². The Morgan fingerprint density at radius 1 is 1.09 bits per heavy atom. The van der Waals surface area contributed by atoms with E-state index in [1.165, 1.54) is 7.05 Å². The van der Waals surface area contributed by atoms with Crippen LogP contribution in [0, 0.1) is 0 Å². The number of rotatable bonds is 11. The Balaban J connectivity index is 2.08. The molecule has 1 unspecified atom stereocenters. The Morgan fingerprint density at radius 2 is 1.81 bits per heavy atom. The maximum absolute atomic E-state index is 12.9. The van der Waals surface area contributed by atoms with Gasteiger partial charge in [-0.1, -0.05) is 37.1 Å². The van der Waals surface area contributed by atoms with Crippen molar-refractivity contribution in [2.24, 2.45) is 0 Å². The van der Waals surface area contributed by atoms with E-state index in [9.17, 15) is 9.59 Å². The second-order valence-corrected chi connectivity index (χ2v) is 8.03. The summed E-state index contributed by atoms with van der Waals surface area (Å²) in [5.74, 6) is 0.965. The van der Waals surface area contributed by atoms with Gasteiger partial charge in [0.2, 0.25) is 5.91 Å². The van der Waals surface area contributed by atoms with Gasteiger partial charge in [0.05, 0.1) is 17.7 Å². The summed E-state index contributed by atoms with van der Waals surface area (Å²) in [6.07, 6.45) is 2.36. The van der Waals surface area contributed by atoms with Crippen molar-refractivity contribution in [1.29, 1.82) is 0 Å². The molecule has 0 aliphatic carbocycles. The molecular formula is C24H32ClN3O4. The van der Waals surface area contributed by atoms with E-state index in [-0.39, 0.29) is 12.0 Å². The normalized spacial score (nSPS) is 11.6. The molecule has 0 aromatic heterocycles. The highest BCUT2D eigenvalue weighted by molar-refractivity contribution is 6.32. The lowest BCUT2D eigenvalue weighted by atomic mass is 10.0. The minimum Gasteiger partial charge on any atom is -0.494 e. The van der Waals surface area contributed by atoms with E-state index >= 15 is 0 Å². The molecular weight excluding hydrogens is 430 g/mol. The first-order valence-electron chi connectivity index (χ1n) is 10.8. The van der Waals surface area contributed by atoms with E-state index in [4.69, 9.17) is 21.1 Å². The van der Waals surface area contributed by atoms with Crippen LogP contribution in [0.4, 0.5) is 10.5 Å². The number of amides is 3. The van der Waals surface area contributed by atoms with Gasteiger partial charge in [-0.05, 0) is 56.2 Å². The molecule has 2 aromatic rings. The summed E-state index contributed by atoms with van der Waals surface area (Å²) in [6, 6.07) is 11.3. The van der Waals surface area contributed by atoms with E-state index in [1.807, 2.05) is 38.1 Å². The Morgan fingerprint density at radius 3 is 2.41 bits per heavy atom. The molecule has 174 valence electrons. The number of anilines is 1. The second-order valence-electron chi connectivity index (χ2n) is 7.63. The zero-order valence-corrected chi connectivity index (χ0v) is 19.8. The SMILES string of the molecule is CCCCOc1ccc(CC(NC(=O)NC)C(=O)Nc2ccc(OC(C)C)c(Cl)c2)cc1. The molecule has 0 aliphatic rings. The monoisotopic (exact) mass is 461 g/mol. The summed E-state index contributed by atoms with van der Waals surface area (Å²) in [4.78, 5) is 24.8. The number of benzene rings is 2. The summed E-state index contributed by atoms with van der Waals surface area (Å²) in [5, 5.41) is 8.38. The van der Waals surface area contributed by atoms with Gasteiger partial charge in [0.15, 0.2) is 0 Å². The van der Waals surface area contributed by atoms with Crippen LogP contribution < -0.4 is 25.4 Å². The summed E-state index contributed by atoms with van der Waals surface area (Å²) >= 11 is 6.27. The molecule has 3 N–H and O–H groups in total. The molecule has 0 radical (unpaired) electrons. The molecule has 0 saturated carbocycles. The molecule has 2 aromatic carbocycles. The van der Waals surface area contributed by atoms with Crippen LogP contribution in [0.1, 0.15) is 39.2 Å². The van der Waals surface area contributed by atoms with Crippen molar-refractivity contribution >= 4 is 29.2 Å². The van der Waals surface area contributed by atoms with Gasteiger partial charge in [-0.15, -0.1) is 0 Å². The molecule has 32 heavy (non-hydrogen) atoms. The molecule has 0 spiro atoms. The quantitative estimate of drug-likeness (QED) is 0.420. The molecule has 0 fully saturated rings. The summed E-state index contributed by atoms with van der Waals surface area (Å²) in [6.45, 7) is 6.59. The molecule has 2 rings (SSSR count). The molecule has 0 heterocycles. The van der Waals surface area contributed by atoms with Crippen LogP contribution in [-0.4, -0.2) is 37.7 Å². The molecule has 1 atom stereocenters. The number of carbonyl (C=O) groups is 2. The van der Waals surface area contributed by atoms with E-state index < -0.39 is 12.1 Å². The third kappa shape index (κ3) is 8.30. The highest BCUT2D eigenvalue weighted by Gasteiger charge is 2.21. The van der Waals surface area contributed by atoms with Crippen molar-refractivity contribution in [2.75, 3.05) is 19.0 Å². The molecule has 3 amide bonds. The standard InChI is InChI=1S/C24H32ClN3O4/c1-5-6-13-31-19-10-7-17(8-11-19)14-21(28-24(30)26-4)23(29)27-18-9-12-22(20(25)15-18)32-16(2)3/h7-12,15-16,21H,5-6,13-14H2,1-4H3,(H,27,29)(H2,26,28,30). The first-order chi connectivity index (χ1) is 15.3. The van der Waals surface area contributed by atoms with Gasteiger partial charge in [-0.25, -0.2) is 4.79 Å². The Bertz CT molecular complexity index is 887. The van der Waals surface area contributed by atoms with Gasteiger partial charge in [0, 0.05) is 19.2 Å². The van der Waals surface area contributed by atoms with Crippen molar-refractivity contribution in [3.8, 4) is 11.5 Å². The lowest BCUT2D eigenvalue weighted by Crippen LogP contribution is -2.48. The van der Waals surface area contributed by atoms with Crippen molar-refractivity contribution in [2.45, 2.75) is 52.2 Å². The average Bonchev–Trinajstić information content (AvgIpc) is 2.76. The fourth-order valence-corrected chi connectivity index (χ4v) is 3.11. The fraction of sp³-hybridized carbons (Fsp3) is 0.417. The van der Waals surface area contributed by atoms with E-state index in [1.54, 1.807) is 18.2 Å². The van der Waals surface area contributed by atoms with Crippen LogP contribution in [0.2, 0.25) is 5.02 Å². The van der Waals surface area contributed by atoms with Crippen molar-refractivity contribution in [1.82, 2.24) is 10.6 Å². The second kappa shape index (κ2) is 12.8. The van der Waals surface area contributed by atoms with Gasteiger partial charge in [0.25, 0.3) is 0 Å².